The van der Waals surface area contributed by atoms with E-state index in [9.17, 15) is 9.59 Å². The Morgan fingerprint density at radius 2 is 2.06 bits per heavy atom. The van der Waals surface area contributed by atoms with Gasteiger partial charge in [0.05, 0.1) is 0 Å². The normalized spacial score (nSPS) is 24.5. The van der Waals surface area contributed by atoms with Crippen LogP contribution in [-0.2, 0) is 9.53 Å². The van der Waals surface area contributed by atoms with E-state index in [1.54, 1.807) is 12.2 Å². The van der Waals surface area contributed by atoms with Crippen LogP contribution in [0, 0.1) is 5.92 Å². The zero-order chi connectivity index (χ0) is 11.9. The van der Waals surface area contributed by atoms with Crippen molar-refractivity contribution >= 4 is 33.7 Å². The largest absolute Gasteiger partial charge is 0.604 e. The number of esters is 1. The molecule has 16 heavy (non-hydrogen) atoms. The first-order valence-electron chi connectivity index (χ1n) is 4.98. The minimum absolute atomic E-state index is 0.0342. The van der Waals surface area contributed by atoms with E-state index in [1.807, 2.05) is 19.9 Å². The van der Waals surface area contributed by atoms with Gasteiger partial charge in [-0.2, -0.15) is 4.79 Å². The first-order chi connectivity index (χ1) is 7.50. The van der Waals surface area contributed by atoms with Gasteiger partial charge in [0, 0.05) is 10.6 Å². The van der Waals surface area contributed by atoms with Gasteiger partial charge in [-0.3, -0.25) is 4.79 Å². The molecule has 0 aromatic heterocycles. The molecule has 4 nitrogen and oxygen atoms in total. The summed E-state index contributed by atoms with van der Waals surface area (Å²) in [7, 11) is 0. The number of carbonyl (C=O) groups excluding carboxylic acids is 2. The van der Waals surface area contributed by atoms with Crippen LogP contribution >= 0.6 is 15.9 Å². The van der Waals surface area contributed by atoms with Gasteiger partial charge in [0.2, 0.25) is 5.71 Å². The van der Waals surface area contributed by atoms with Crippen LogP contribution in [0.1, 0.15) is 13.8 Å². The van der Waals surface area contributed by atoms with E-state index in [-0.39, 0.29) is 6.04 Å². The number of amides is 1. The lowest BCUT2D eigenvalue weighted by Crippen LogP contribution is -2.45. The van der Waals surface area contributed by atoms with E-state index >= 15 is 0 Å². The SMILES string of the molecule is CC(C)[N+]1=C2C=CC(Br)=CC2C(=O)OC1=O. The van der Waals surface area contributed by atoms with Gasteiger partial charge in [-0.15, -0.1) is 4.58 Å². The summed E-state index contributed by atoms with van der Waals surface area (Å²) >= 11 is 3.30. The second-order valence-electron chi connectivity index (χ2n) is 3.94. The molecule has 0 spiro atoms. The van der Waals surface area contributed by atoms with Crippen LogP contribution in [-0.4, -0.2) is 28.4 Å². The maximum Gasteiger partial charge on any atom is 0.604 e. The van der Waals surface area contributed by atoms with Crippen molar-refractivity contribution in [3.8, 4) is 0 Å². The Labute approximate surface area is 101 Å². The van der Waals surface area contributed by atoms with Crippen LogP contribution in [0.5, 0.6) is 0 Å². The van der Waals surface area contributed by atoms with Crippen molar-refractivity contribution in [3.63, 3.8) is 0 Å². The maximum atomic E-state index is 11.6. The van der Waals surface area contributed by atoms with Gasteiger partial charge in [-0.25, -0.2) is 0 Å². The average molecular weight is 285 g/mol. The molecule has 0 aromatic rings. The summed E-state index contributed by atoms with van der Waals surface area (Å²) in [5.41, 5.74) is 0.680. The minimum Gasteiger partial charge on any atom is -0.336 e. The summed E-state index contributed by atoms with van der Waals surface area (Å²) in [6.45, 7) is 3.75. The number of hydrogen-bond acceptors (Lipinski definition) is 3. The van der Waals surface area contributed by atoms with Gasteiger partial charge in [0.25, 0.3) is 0 Å². The highest BCUT2D eigenvalue weighted by Crippen LogP contribution is 2.23. The molecule has 0 fully saturated rings. The number of nitrogens with zero attached hydrogens (tertiary/aromatic N) is 1. The third-order valence-electron chi connectivity index (χ3n) is 2.49. The Kier molecular flexibility index (Phi) is 2.80. The lowest BCUT2D eigenvalue weighted by atomic mass is 9.96. The topological polar surface area (TPSA) is 46.4 Å². The van der Waals surface area contributed by atoms with Gasteiger partial charge in [-0.05, 0) is 26.0 Å². The second kappa shape index (κ2) is 3.97. The van der Waals surface area contributed by atoms with E-state index in [0.717, 1.165) is 4.48 Å². The van der Waals surface area contributed by atoms with Crippen molar-refractivity contribution in [3.05, 3.63) is 22.7 Å². The standard InChI is InChI=1S/C11H11BrNO3/c1-6(2)13-9-4-3-7(12)5-8(9)10(14)16-11(13)15/h3-6,8H,1-2H3/q+1. The number of halogens is 1. The molecule has 1 aliphatic carbocycles. The average Bonchev–Trinajstić information content (AvgIpc) is 2.18. The third kappa shape index (κ3) is 1.75. The molecule has 84 valence electrons. The summed E-state index contributed by atoms with van der Waals surface area (Å²) in [5.74, 6) is -1.00. The first kappa shape index (κ1) is 11.3. The van der Waals surface area contributed by atoms with E-state index in [2.05, 4.69) is 15.9 Å². The molecule has 0 saturated carbocycles. The predicted octanol–water partition coefficient (Wildman–Crippen LogP) is 1.99. The fraction of sp³-hybridized carbons (Fsp3) is 0.364. The number of hydrogen-bond donors (Lipinski definition) is 0. The van der Waals surface area contributed by atoms with Crippen LogP contribution in [0.2, 0.25) is 0 Å². The van der Waals surface area contributed by atoms with Gasteiger partial charge in [0.1, 0.15) is 0 Å². The van der Waals surface area contributed by atoms with Crippen molar-refractivity contribution in [2.45, 2.75) is 19.9 Å². The Hall–Kier alpha value is -1.23. The predicted molar refractivity (Wildman–Crippen MR) is 61.5 cm³/mol. The quantitative estimate of drug-likeness (QED) is 0.420. The molecule has 1 unspecified atom stereocenters. The molecular formula is C11H11BrNO3+. The number of ether oxygens (including phenoxy) is 1. The van der Waals surface area contributed by atoms with Crippen LogP contribution in [0.3, 0.4) is 0 Å². The van der Waals surface area contributed by atoms with E-state index < -0.39 is 18.0 Å². The van der Waals surface area contributed by atoms with Crippen molar-refractivity contribution in [2.75, 3.05) is 0 Å². The van der Waals surface area contributed by atoms with Crippen LogP contribution in [0.15, 0.2) is 22.7 Å². The Morgan fingerprint density at radius 3 is 2.69 bits per heavy atom. The van der Waals surface area contributed by atoms with Gasteiger partial charge >= 0.3 is 12.1 Å². The molecule has 1 heterocycles. The molecule has 2 aliphatic rings. The molecule has 0 bridgehead atoms. The Morgan fingerprint density at radius 1 is 1.38 bits per heavy atom. The van der Waals surface area contributed by atoms with E-state index in [4.69, 9.17) is 4.74 Å². The zero-order valence-corrected chi connectivity index (χ0v) is 10.5. The number of carbonyl (C=O) groups is 2. The van der Waals surface area contributed by atoms with Crippen molar-refractivity contribution < 1.29 is 18.9 Å². The van der Waals surface area contributed by atoms with E-state index in [0.29, 0.717) is 5.71 Å². The van der Waals surface area contributed by atoms with Crippen LogP contribution in [0.4, 0.5) is 4.79 Å². The number of rotatable bonds is 1. The lowest BCUT2D eigenvalue weighted by Gasteiger charge is -2.19. The molecule has 1 atom stereocenters. The van der Waals surface area contributed by atoms with Crippen LogP contribution in [0.25, 0.3) is 0 Å². The molecule has 0 saturated heterocycles. The lowest BCUT2D eigenvalue weighted by molar-refractivity contribution is -0.481. The molecule has 0 radical (unpaired) electrons. The smallest absolute Gasteiger partial charge is 0.336 e. The van der Waals surface area contributed by atoms with Crippen molar-refractivity contribution in [1.82, 2.24) is 0 Å². The highest BCUT2D eigenvalue weighted by atomic mass is 79.9. The fourth-order valence-corrected chi connectivity index (χ4v) is 2.20. The highest BCUT2D eigenvalue weighted by Gasteiger charge is 2.44. The fourth-order valence-electron chi connectivity index (χ4n) is 1.80. The van der Waals surface area contributed by atoms with E-state index in [1.165, 1.54) is 4.58 Å². The second-order valence-corrected chi connectivity index (χ2v) is 4.85. The summed E-state index contributed by atoms with van der Waals surface area (Å²) in [6.07, 6.45) is 4.72. The van der Waals surface area contributed by atoms with Crippen molar-refractivity contribution in [1.29, 1.82) is 0 Å². The third-order valence-corrected chi connectivity index (χ3v) is 3.02. The van der Waals surface area contributed by atoms with Crippen LogP contribution < -0.4 is 0 Å². The monoisotopic (exact) mass is 284 g/mol. The summed E-state index contributed by atoms with van der Waals surface area (Å²) < 4.78 is 7.02. The van der Waals surface area contributed by atoms with Gasteiger partial charge in [-0.1, -0.05) is 15.9 Å². The van der Waals surface area contributed by atoms with Gasteiger partial charge in [0.15, 0.2) is 12.0 Å². The number of cyclic esters (lactones) is 2. The molecule has 5 heteroatoms. The molecule has 1 amide bonds. The van der Waals surface area contributed by atoms with Crippen molar-refractivity contribution in [2.24, 2.45) is 5.92 Å². The number of allylic oxidation sites excluding steroid dienone is 3. The first-order valence-corrected chi connectivity index (χ1v) is 5.77. The molecule has 0 N–H and O–H groups in total. The summed E-state index contributed by atoms with van der Waals surface area (Å²) in [5, 5.41) is 0. The molecule has 0 aromatic carbocycles. The Balaban J connectivity index is 2.56. The van der Waals surface area contributed by atoms with Gasteiger partial charge < -0.3 is 4.74 Å². The molecule has 2 rings (SSSR count). The molecular weight excluding hydrogens is 274 g/mol. The minimum atomic E-state index is -0.595. The maximum absolute atomic E-state index is 11.6. The number of fused-ring (bicyclic) bond motifs is 1. The summed E-state index contributed by atoms with van der Waals surface area (Å²) in [4.78, 5) is 23.1. The molecule has 1 aliphatic heterocycles. The Bertz CT molecular complexity index is 460. The summed E-state index contributed by atoms with van der Waals surface area (Å²) in [6, 6.07) is -0.0342. The zero-order valence-electron chi connectivity index (χ0n) is 8.94. The highest BCUT2D eigenvalue weighted by molar-refractivity contribution is 9.11.